The van der Waals surface area contributed by atoms with E-state index >= 15 is 0 Å². The number of halogens is 3. The van der Waals surface area contributed by atoms with E-state index in [4.69, 9.17) is 11.6 Å². The van der Waals surface area contributed by atoms with Crippen molar-refractivity contribution in [2.75, 3.05) is 19.6 Å². The van der Waals surface area contributed by atoms with Crippen LogP contribution in [0.5, 0.6) is 0 Å². The van der Waals surface area contributed by atoms with Gasteiger partial charge in [0.2, 0.25) is 0 Å². The van der Waals surface area contributed by atoms with Crippen molar-refractivity contribution in [1.82, 2.24) is 10.2 Å². The second-order valence-corrected chi connectivity index (χ2v) is 5.18. The highest BCUT2D eigenvalue weighted by Gasteiger charge is 2.26. The molecular weight excluding hydrogens is 302 g/mol. The van der Waals surface area contributed by atoms with E-state index in [0.29, 0.717) is 12.1 Å². The van der Waals surface area contributed by atoms with E-state index in [9.17, 15) is 9.18 Å². The van der Waals surface area contributed by atoms with Gasteiger partial charge in [-0.25, -0.2) is 4.39 Å². The maximum atomic E-state index is 13.5. The van der Waals surface area contributed by atoms with Crippen molar-refractivity contribution in [3.05, 3.63) is 34.6 Å². The first-order valence-electron chi connectivity index (χ1n) is 6.60. The molecule has 6 heteroatoms. The molecule has 1 aromatic carbocycles. The predicted molar refractivity (Wildman–Crippen MR) is 81.3 cm³/mol. The van der Waals surface area contributed by atoms with Crippen molar-refractivity contribution < 1.29 is 9.18 Å². The molecule has 1 fully saturated rings. The molecule has 2 rings (SSSR count). The number of amides is 1. The van der Waals surface area contributed by atoms with Gasteiger partial charge in [-0.05, 0) is 37.6 Å². The maximum Gasteiger partial charge on any atom is 0.254 e. The van der Waals surface area contributed by atoms with Crippen LogP contribution in [0.25, 0.3) is 0 Å². The summed E-state index contributed by atoms with van der Waals surface area (Å²) in [6, 6.07) is 4.43. The predicted octanol–water partition coefficient (Wildman–Crippen LogP) is 3.12. The van der Waals surface area contributed by atoms with E-state index in [1.54, 1.807) is 6.07 Å². The average molecular weight is 321 g/mol. The van der Waals surface area contributed by atoms with Gasteiger partial charge >= 0.3 is 0 Å². The SMILES string of the molecule is CCCN(C(=O)c1ccc(Cl)c(F)c1)C1CCNC1.Cl. The lowest BCUT2D eigenvalue weighted by molar-refractivity contribution is 0.0692. The topological polar surface area (TPSA) is 32.3 Å². The second kappa shape index (κ2) is 7.81. The van der Waals surface area contributed by atoms with E-state index in [1.165, 1.54) is 12.1 Å². The number of rotatable bonds is 4. The molecule has 3 nitrogen and oxygen atoms in total. The van der Waals surface area contributed by atoms with Gasteiger partial charge in [-0.2, -0.15) is 0 Å². The summed E-state index contributed by atoms with van der Waals surface area (Å²) in [4.78, 5) is 14.3. The normalized spacial score (nSPS) is 17.6. The Labute approximate surface area is 129 Å². The number of nitrogens with one attached hydrogen (secondary N) is 1. The first-order valence-corrected chi connectivity index (χ1v) is 6.98. The second-order valence-electron chi connectivity index (χ2n) is 4.77. The van der Waals surface area contributed by atoms with E-state index in [-0.39, 0.29) is 29.4 Å². The summed E-state index contributed by atoms with van der Waals surface area (Å²) in [6.07, 6.45) is 1.83. The van der Waals surface area contributed by atoms with Gasteiger partial charge in [0.05, 0.1) is 5.02 Å². The van der Waals surface area contributed by atoms with Crippen molar-refractivity contribution in [3.63, 3.8) is 0 Å². The maximum absolute atomic E-state index is 13.5. The lowest BCUT2D eigenvalue weighted by atomic mass is 10.1. The summed E-state index contributed by atoms with van der Waals surface area (Å²) in [5, 5.41) is 3.29. The van der Waals surface area contributed by atoms with Gasteiger partial charge in [-0.15, -0.1) is 12.4 Å². The van der Waals surface area contributed by atoms with Crippen LogP contribution in [0.15, 0.2) is 18.2 Å². The zero-order valence-corrected chi connectivity index (χ0v) is 12.9. The van der Waals surface area contributed by atoms with Crippen molar-refractivity contribution in [2.24, 2.45) is 0 Å². The number of benzene rings is 1. The third-order valence-electron chi connectivity index (χ3n) is 3.37. The highest BCUT2D eigenvalue weighted by molar-refractivity contribution is 6.30. The molecule has 0 saturated carbocycles. The third kappa shape index (κ3) is 3.84. The van der Waals surface area contributed by atoms with E-state index in [2.05, 4.69) is 5.32 Å². The molecule has 1 aliphatic heterocycles. The fourth-order valence-corrected chi connectivity index (χ4v) is 2.51. The summed E-state index contributed by atoms with van der Waals surface area (Å²) in [7, 11) is 0. The minimum atomic E-state index is -0.548. The number of carbonyl (C=O) groups is 1. The van der Waals surface area contributed by atoms with E-state index in [0.717, 1.165) is 25.9 Å². The summed E-state index contributed by atoms with van der Waals surface area (Å²) in [5.74, 6) is -0.667. The van der Waals surface area contributed by atoms with Gasteiger partial charge in [-0.1, -0.05) is 18.5 Å². The van der Waals surface area contributed by atoms with Crippen molar-refractivity contribution >= 4 is 29.9 Å². The van der Waals surface area contributed by atoms with E-state index < -0.39 is 5.82 Å². The summed E-state index contributed by atoms with van der Waals surface area (Å²) >= 11 is 5.64. The standard InChI is InChI=1S/C14H18ClFN2O.ClH/c1-2-7-18(11-5-6-17-9-11)14(19)10-3-4-12(15)13(16)8-10;/h3-4,8,11,17H,2,5-7,9H2,1H3;1H. The number of carbonyl (C=O) groups excluding carboxylic acids is 1. The van der Waals surface area contributed by atoms with Crippen LogP contribution < -0.4 is 5.32 Å². The summed E-state index contributed by atoms with van der Waals surface area (Å²) in [6.45, 7) is 4.45. The molecular formula is C14H19Cl2FN2O. The summed E-state index contributed by atoms with van der Waals surface area (Å²) in [5.41, 5.74) is 0.363. The van der Waals surface area contributed by atoms with E-state index in [1.807, 2.05) is 11.8 Å². The van der Waals surface area contributed by atoms with Crippen LogP contribution in [0.3, 0.4) is 0 Å². The van der Waals surface area contributed by atoms with Crippen LogP contribution >= 0.6 is 24.0 Å². The summed E-state index contributed by atoms with van der Waals surface area (Å²) < 4.78 is 13.5. The van der Waals surface area contributed by atoms with Crippen LogP contribution in [0.2, 0.25) is 5.02 Å². The number of hydrogen-bond donors (Lipinski definition) is 1. The lowest BCUT2D eigenvalue weighted by Gasteiger charge is -2.28. The minimum absolute atomic E-state index is 0. The molecule has 1 unspecified atom stereocenters. The highest BCUT2D eigenvalue weighted by atomic mass is 35.5. The fraction of sp³-hybridized carbons (Fsp3) is 0.500. The van der Waals surface area contributed by atoms with Crippen molar-refractivity contribution in [2.45, 2.75) is 25.8 Å². The first-order chi connectivity index (χ1) is 9.13. The highest BCUT2D eigenvalue weighted by Crippen LogP contribution is 2.19. The molecule has 0 aromatic heterocycles. The molecule has 1 heterocycles. The molecule has 20 heavy (non-hydrogen) atoms. The number of nitrogens with zero attached hydrogens (tertiary/aromatic N) is 1. The Hall–Kier alpha value is -0.840. The van der Waals surface area contributed by atoms with Crippen LogP contribution in [-0.4, -0.2) is 36.5 Å². The van der Waals surface area contributed by atoms with Gasteiger partial charge in [0, 0.05) is 24.7 Å². The molecule has 0 spiro atoms. The Balaban J connectivity index is 0.00000200. The Morgan fingerprint density at radius 2 is 2.30 bits per heavy atom. The molecule has 1 amide bonds. The van der Waals surface area contributed by atoms with Gasteiger partial charge in [0.15, 0.2) is 0 Å². The van der Waals surface area contributed by atoms with Crippen LogP contribution in [0.1, 0.15) is 30.1 Å². The zero-order chi connectivity index (χ0) is 13.8. The molecule has 1 atom stereocenters. The Morgan fingerprint density at radius 3 is 2.85 bits per heavy atom. The van der Waals surface area contributed by atoms with Crippen molar-refractivity contribution in [3.8, 4) is 0 Å². The smallest absolute Gasteiger partial charge is 0.254 e. The minimum Gasteiger partial charge on any atom is -0.334 e. The average Bonchev–Trinajstić information content (AvgIpc) is 2.92. The first kappa shape index (κ1) is 17.2. The Kier molecular flexibility index (Phi) is 6.72. The fourth-order valence-electron chi connectivity index (χ4n) is 2.39. The lowest BCUT2D eigenvalue weighted by Crippen LogP contribution is -2.42. The zero-order valence-electron chi connectivity index (χ0n) is 11.4. The Morgan fingerprint density at radius 1 is 1.55 bits per heavy atom. The van der Waals surface area contributed by atoms with Gasteiger partial charge in [0.25, 0.3) is 5.91 Å². The molecule has 0 radical (unpaired) electrons. The monoisotopic (exact) mass is 320 g/mol. The van der Waals surface area contributed by atoms with Crippen LogP contribution in [0, 0.1) is 5.82 Å². The van der Waals surface area contributed by atoms with Crippen molar-refractivity contribution in [1.29, 1.82) is 0 Å². The quantitative estimate of drug-likeness (QED) is 0.924. The molecule has 1 aliphatic rings. The van der Waals surface area contributed by atoms with Gasteiger partial charge in [-0.3, -0.25) is 4.79 Å². The molecule has 1 aromatic rings. The van der Waals surface area contributed by atoms with Gasteiger partial charge in [0.1, 0.15) is 5.82 Å². The molecule has 112 valence electrons. The van der Waals surface area contributed by atoms with Crippen LogP contribution in [0.4, 0.5) is 4.39 Å². The number of hydrogen-bond acceptors (Lipinski definition) is 2. The third-order valence-corrected chi connectivity index (χ3v) is 3.67. The molecule has 0 aliphatic carbocycles. The largest absolute Gasteiger partial charge is 0.334 e. The Bertz CT molecular complexity index is 464. The molecule has 0 bridgehead atoms. The molecule has 1 saturated heterocycles. The van der Waals surface area contributed by atoms with Crippen LogP contribution in [-0.2, 0) is 0 Å². The molecule has 1 N–H and O–H groups in total. The van der Waals surface area contributed by atoms with Gasteiger partial charge < -0.3 is 10.2 Å².